The lowest BCUT2D eigenvalue weighted by molar-refractivity contribution is 0.394. The van der Waals surface area contributed by atoms with Crippen LogP contribution in [-0.2, 0) is 7.05 Å². The fraction of sp³-hybridized carbons (Fsp3) is 0.240. The molecule has 32 heavy (non-hydrogen) atoms. The molecular formula is C25H25N5O2. The Morgan fingerprint density at radius 2 is 1.72 bits per heavy atom. The summed E-state index contributed by atoms with van der Waals surface area (Å²) in [6.07, 6.45) is 6.28. The van der Waals surface area contributed by atoms with Crippen LogP contribution in [0.1, 0.15) is 13.3 Å². The van der Waals surface area contributed by atoms with Crippen LogP contribution in [0.3, 0.4) is 0 Å². The van der Waals surface area contributed by atoms with Gasteiger partial charge in [-0.15, -0.1) is 5.92 Å². The van der Waals surface area contributed by atoms with E-state index >= 15 is 0 Å². The van der Waals surface area contributed by atoms with Gasteiger partial charge in [-0.25, -0.2) is 4.98 Å². The van der Waals surface area contributed by atoms with Crippen molar-refractivity contribution >= 4 is 22.4 Å². The van der Waals surface area contributed by atoms with Crippen LogP contribution in [0.15, 0.2) is 55.0 Å². The monoisotopic (exact) mass is 427 g/mol. The summed E-state index contributed by atoms with van der Waals surface area (Å²) in [5, 5.41) is 4.23. The summed E-state index contributed by atoms with van der Waals surface area (Å²) < 4.78 is 12.7. The fourth-order valence-corrected chi connectivity index (χ4v) is 3.40. The number of ether oxygens (including phenoxy) is 2. The molecule has 0 atom stereocenters. The third kappa shape index (κ3) is 4.49. The molecule has 0 unspecified atom stereocenters. The van der Waals surface area contributed by atoms with Gasteiger partial charge in [-0.05, 0) is 18.2 Å². The van der Waals surface area contributed by atoms with Crippen LogP contribution in [-0.4, -0.2) is 40.5 Å². The lowest BCUT2D eigenvalue weighted by Crippen LogP contribution is -2.17. The molecule has 2 aromatic heterocycles. The maximum atomic E-state index is 5.47. The van der Waals surface area contributed by atoms with E-state index in [-0.39, 0.29) is 0 Å². The summed E-state index contributed by atoms with van der Waals surface area (Å²) in [4.78, 5) is 11.5. The minimum Gasteiger partial charge on any atom is -0.497 e. The highest BCUT2D eigenvalue weighted by Crippen LogP contribution is 2.34. The Kier molecular flexibility index (Phi) is 6.22. The molecule has 0 amide bonds. The van der Waals surface area contributed by atoms with Gasteiger partial charge >= 0.3 is 0 Å². The van der Waals surface area contributed by atoms with E-state index < -0.39 is 0 Å². The smallest absolute Gasteiger partial charge is 0.124 e. The molecule has 0 saturated heterocycles. The zero-order valence-corrected chi connectivity index (χ0v) is 18.7. The van der Waals surface area contributed by atoms with Gasteiger partial charge in [-0.3, -0.25) is 9.67 Å². The second kappa shape index (κ2) is 9.40. The highest BCUT2D eigenvalue weighted by molar-refractivity contribution is 5.83. The lowest BCUT2D eigenvalue weighted by atomic mass is 10.2. The summed E-state index contributed by atoms with van der Waals surface area (Å²) in [6.45, 7) is 2.56. The number of rotatable bonds is 6. The molecular weight excluding hydrogens is 402 g/mol. The number of hydrogen-bond donors (Lipinski definition) is 0. The molecule has 2 heterocycles. The molecule has 0 radical (unpaired) electrons. The van der Waals surface area contributed by atoms with Crippen LogP contribution in [0.4, 0.5) is 11.4 Å². The first-order chi connectivity index (χ1) is 15.6. The Hall–Kier alpha value is -4.05. The van der Waals surface area contributed by atoms with E-state index in [1.165, 1.54) is 0 Å². The zero-order chi connectivity index (χ0) is 22.5. The molecule has 0 spiro atoms. The molecule has 162 valence electrons. The fourth-order valence-electron chi connectivity index (χ4n) is 3.40. The molecule has 0 aliphatic rings. The van der Waals surface area contributed by atoms with Crippen molar-refractivity contribution in [1.29, 1.82) is 0 Å². The molecule has 0 bridgehead atoms. The molecule has 0 aliphatic carbocycles. The molecule has 0 saturated carbocycles. The molecule has 4 aromatic rings. The summed E-state index contributed by atoms with van der Waals surface area (Å²) in [7, 11) is 5.17. The van der Waals surface area contributed by atoms with Gasteiger partial charge in [0.05, 0.1) is 49.9 Å². The minimum atomic E-state index is 0.519. The van der Waals surface area contributed by atoms with E-state index in [2.05, 4.69) is 26.8 Å². The highest BCUT2D eigenvalue weighted by Gasteiger charge is 2.14. The SMILES string of the molecule is CCC#CCN(c1cc(OC)cc(OC)c1)c1ccc2ncc(-c3cnn(C)c3)nc2c1. The van der Waals surface area contributed by atoms with E-state index in [4.69, 9.17) is 14.5 Å². The Morgan fingerprint density at radius 3 is 2.38 bits per heavy atom. The maximum absolute atomic E-state index is 5.47. The van der Waals surface area contributed by atoms with Crippen molar-refractivity contribution in [2.24, 2.45) is 7.05 Å². The van der Waals surface area contributed by atoms with Gasteiger partial charge in [-0.1, -0.05) is 12.8 Å². The minimum absolute atomic E-state index is 0.519. The van der Waals surface area contributed by atoms with Crippen molar-refractivity contribution in [3.63, 3.8) is 0 Å². The standard InChI is InChI=1S/C25H25N5O2/c1-5-6-7-10-30(20-11-21(31-3)14-22(12-20)32-4)19-8-9-23-24(13-19)28-25(16-26-23)18-15-27-29(2)17-18/h8-9,11-17H,5,10H2,1-4H3. The molecule has 0 aliphatic heterocycles. The quantitative estimate of drug-likeness (QED) is 0.419. The molecule has 2 aromatic carbocycles. The third-order valence-electron chi connectivity index (χ3n) is 5.02. The summed E-state index contributed by atoms with van der Waals surface area (Å²) >= 11 is 0. The van der Waals surface area contributed by atoms with Crippen LogP contribution in [0.2, 0.25) is 0 Å². The number of anilines is 2. The highest BCUT2D eigenvalue weighted by atomic mass is 16.5. The van der Waals surface area contributed by atoms with Crippen molar-refractivity contribution in [3.8, 4) is 34.6 Å². The zero-order valence-electron chi connectivity index (χ0n) is 18.7. The van der Waals surface area contributed by atoms with Gasteiger partial charge in [0.1, 0.15) is 11.5 Å². The van der Waals surface area contributed by atoms with Crippen LogP contribution in [0.25, 0.3) is 22.3 Å². The summed E-state index contributed by atoms with van der Waals surface area (Å²) in [5.41, 5.74) is 5.20. The molecule has 4 rings (SSSR count). The van der Waals surface area contributed by atoms with Crippen molar-refractivity contribution in [2.75, 3.05) is 25.7 Å². The second-order valence-corrected chi connectivity index (χ2v) is 7.20. The average molecular weight is 428 g/mol. The van der Waals surface area contributed by atoms with Crippen molar-refractivity contribution in [3.05, 3.63) is 55.0 Å². The topological polar surface area (TPSA) is 65.3 Å². The van der Waals surface area contributed by atoms with Gasteiger partial charge in [0.25, 0.3) is 0 Å². The van der Waals surface area contributed by atoms with Gasteiger partial charge in [-0.2, -0.15) is 5.10 Å². The lowest BCUT2D eigenvalue weighted by Gasteiger charge is -2.24. The van der Waals surface area contributed by atoms with Gasteiger partial charge < -0.3 is 14.4 Å². The number of methoxy groups -OCH3 is 2. The van der Waals surface area contributed by atoms with Crippen molar-refractivity contribution < 1.29 is 9.47 Å². The van der Waals surface area contributed by atoms with Gasteiger partial charge in [0.15, 0.2) is 0 Å². The van der Waals surface area contributed by atoms with Crippen LogP contribution in [0, 0.1) is 11.8 Å². The van der Waals surface area contributed by atoms with Crippen LogP contribution < -0.4 is 14.4 Å². The molecule has 0 N–H and O–H groups in total. The van der Waals surface area contributed by atoms with Crippen LogP contribution >= 0.6 is 0 Å². The number of nitrogens with zero attached hydrogens (tertiary/aromatic N) is 5. The number of fused-ring (bicyclic) bond motifs is 1. The van der Waals surface area contributed by atoms with E-state index in [1.54, 1.807) is 31.3 Å². The second-order valence-electron chi connectivity index (χ2n) is 7.20. The van der Waals surface area contributed by atoms with Crippen LogP contribution in [0.5, 0.6) is 11.5 Å². The Labute approximate surface area is 187 Å². The number of benzene rings is 2. The molecule has 7 heteroatoms. The molecule has 7 nitrogen and oxygen atoms in total. The first-order valence-electron chi connectivity index (χ1n) is 10.3. The van der Waals surface area contributed by atoms with Gasteiger partial charge in [0, 0.05) is 54.8 Å². The normalized spacial score (nSPS) is 10.5. The summed E-state index contributed by atoms with van der Waals surface area (Å²) in [6, 6.07) is 11.8. The predicted octanol–water partition coefficient (Wildman–Crippen LogP) is 4.60. The van der Waals surface area contributed by atoms with E-state index in [9.17, 15) is 0 Å². The van der Waals surface area contributed by atoms with Gasteiger partial charge in [0.2, 0.25) is 0 Å². The maximum Gasteiger partial charge on any atom is 0.124 e. The third-order valence-corrected chi connectivity index (χ3v) is 5.02. The van der Waals surface area contributed by atoms with E-state index in [1.807, 2.05) is 56.6 Å². The molecule has 0 fully saturated rings. The first kappa shape index (κ1) is 21.2. The predicted molar refractivity (Wildman–Crippen MR) is 126 cm³/mol. The number of aryl methyl sites for hydroxylation is 1. The largest absolute Gasteiger partial charge is 0.497 e. The van der Waals surface area contributed by atoms with E-state index in [0.717, 1.165) is 40.1 Å². The summed E-state index contributed by atoms with van der Waals surface area (Å²) in [5.74, 6) is 7.83. The average Bonchev–Trinajstić information content (AvgIpc) is 3.27. The van der Waals surface area contributed by atoms with Crippen molar-refractivity contribution in [2.45, 2.75) is 13.3 Å². The Balaban J connectivity index is 1.80. The van der Waals surface area contributed by atoms with E-state index in [0.29, 0.717) is 18.0 Å². The number of aromatic nitrogens is 4. The first-order valence-corrected chi connectivity index (χ1v) is 10.3. The Bertz CT molecular complexity index is 1280. The Morgan fingerprint density at radius 1 is 0.938 bits per heavy atom. The number of hydrogen-bond acceptors (Lipinski definition) is 6. The van der Waals surface area contributed by atoms with Crippen molar-refractivity contribution in [1.82, 2.24) is 19.7 Å².